The van der Waals surface area contributed by atoms with Crippen molar-refractivity contribution in [3.63, 3.8) is 0 Å². The van der Waals surface area contributed by atoms with Crippen LogP contribution in [0.3, 0.4) is 0 Å². The summed E-state index contributed by atoms with van der Waals surface area (Å²) >= 11 is 0. The van der Waals surface area contributed by atoms with Crippen molar-refractivity contribution in [3.8, 4) is 0 Å². The molecule has 0 atom stereocenters. The highest BCUT2D eigenvalue weighted by atomic mass is 16.2. The Balaban J connectivity index is 1.20. The molecule has 2 aliphatic rings. The van der Waals surface area contributed by atoms with Gasteiger partial charge in [0.05, 0.1) is 17.8 Å². The van der Waals surface area contributed by atoms with Gasteiger partial charge < -0.3 is 5.32 Å². The molecule has 1 N–H and O–H groups in total. The Morgan fingerprint density at radius 1 is 1.11 bits per heavy atom. The van der Waals surface area contributed by atoms with Crippen molar-refractivity contribution < 1.29 is 4.79 Å². The SMILES string of the molecule is O=C(NC1CC1)c1cn(C2CCN(Cc3cccc4cccnc34)CC2)nn1. The third-order valence-electron chi connectivity index (χ3n) is 5.70. The van der Waals surface area contributed by atoms with Gasteiger partial charge in [-0.3, -0.25) is 14.7 Å². The van der Waals surface area contributed by atoms with Gasteiger partial charge in [-0.25, -0.2) is 4.68 Å². The molecule has 0 radical (unpaired) electrons. The first-order valence-electron chi connectivity index (χ1n) is 10.0. The number of aromatic nitrogens is 4. The number of amides is 1. The highest BCUT2D eigenvalue weighted by molar-refractivity contribution is 5.92. The summed E-state index contributed by atoms with van der Waals surface area (Å²) in [4.78, 5) is 19.1. The molecule has 5 rings (SSSR count). The van der Waals surface area contributed by atoms with Gasteiger partial charge >= 0.3 is 0 Å². The number of rotatable bonds is 5. The molecule has 1 aliphatic carbocycles. The lowest BCUT2D eigenvalue weighted by Crippen LogP contribution is -2.34. The van der Waals surface area contributed by atoms with E-state index in [1.165, 1.54) is 10.9 Å². The molecule has 1 aromatic carbocycles. The highest BCUT2D eigenvalue weighted by Gasteiger charge is 2.26. The van der Waals surface area contributed by atoms with Gasteiger partial charge in [-0.15, -0.1) is 5.10 Å². The van der Waals surface area contributed by atoms with Crippen LogP contribution in [0.25, 0.3) is 10.9 Å². The fraction of sp³-hybridized carbons (Fsp3) is 0.429. The maximum absolute atomic E-state index is 12.1. The molecule has 0 unspecified atom stereocenters. The van der Waals surface area contributed by atoms with E-state index in [1.54, 1.807) is 6.20 Å². The minimum absolute atomic E-state index is 0.102. The van der Waals surface area contributed by atoms with Crippen LogP contribution < -0.4 is 5.32 Å². The molecule has 3 aromatic rings. The lowest BCUT2D eigenvalue weighted by molar-refractivity contribution is 0.0946. The molecule has 7 nitrogen and oxygen atoms in total. The molecule has 3 heterocycles. The normalized spacial score (nSPS) is 18.4. The standard InChI is InChI=1S/C21H24N6O/c28-21(23-17-6-7-17)19-14-27(25-24-19)18-8-11-26(12-9-18)13-16-4-1-3-15-5-2-10-22-20(15)16/h1-5,10,14,17-18H,6-9,11-13H2,(H,23,28). The van der Waals surface area contributed by atoms with E-state index in [9.17, 15) is 4.79 Å². The second kappa shape index (κ2) is 7.31. The molecule has 28 heavy (non-hydrogen) atoms. The van der Waals surface area contributed by atoms with Crippen molar-refractivity contribution >= 4 is 16.8 Å². The number of pyridine rings is 1. The highest BCUT2D eigenvalue weighted by Crippen LogP contribution is 2.25. The Morgan fingerprint density at radius 2 is 1.93 bits per heavy atom. The van der Waals surface area contributed by atoms with E-state index >= 15 is 0 Å². The Hall–Kier alpha value is -2.80. The number of piperidine rings is 1. The number of likely N-dealkylation sites (tertiary alicyclic amines) is 1. The van der Waals surface area contributed by atoms with E-state index in [1.807, 2.05) is 16.9 Å². The number of hydrogen-bond acceptors (Lipinski definition) is 5. The number of hydrogen-bond donors (Lipinski definition) is 1. The molecule has 0 bridgehead atoms. The first-order valence-corrected chi connectivity index (χ1v) is 10.0. The molecular weight excluding hydrogens is 352 g/mol. The van der Waals surface area contributed by atoms with Crippen LogP contribution in [0.5, 0.6) is 0 Å². The van der Waals surface area contributed by atoms with Crippen LogP contribution in [0.2, 0.25) is 0 Å². The summed E-state index contributed by atoms with van der Waals surface area (Å²) in [5, 5.41) is 12.4. The van der Waals surface area contributed by atoms with Crippen molar-refractivity contribution in [2.75, 3.05) is 13.1 Å². The smallest absolute Gasteiger partial charge is 0.273 e. The fourth-order valence-electron chi connectivity index (χ4n) is 3.92. The summed E-state index contributed by atoms with van der Waals surface area (Å²) in [5.74, 6) is -0.102. The average Bonchev–Trinajstić information content (AvgIpc) is 3.40. The van der Waals surface area contributed by atoms with Crippen LogP contribution in [0.1, 0.15) is 47.8 Å². The van der Waals surface area contributed by atoms with Crippen LogP contribution in [0.4, 0.5) is 0 Å². The molecule has 0 spiro atoms. The quantitative estimate of drug-likeness (QED) is 0.741. The van der Waals surface area contributed by atoms with E-state index < -0.39 is 0 Å². The monoisotopic (exact) mass is 376 g/mol. The lowest BCUT2D eigenvalue weighted by atomic mass is 10.0. The fourth-order valence-corrected chi connectivity index (χ4v) is 3.92. The minimum Gasteiger partial charge on any atom is -0.348 e. The number of benzene rings is 1. The zero-order chi connectivity index (χ0) is 18.9. The van der Waals surface area contributed by atoms with E-state index in [-0.39, 0.29) is 5.91 Å². The number of nitrogens with one attached hydrogen (secondary N) is 1. The molecular formula is C21H24N6O. The van der Waals surface area contributed by atoms with Gasteiger partial charge in [0.2, 0.25) is 0 Å². The molecule has 7 heteroatoms. The summed E-state index contributed by atoms with van der Waals surface area (Å²) < 4.78 is 1.87. The average molecular weight is 376 g/mol. The first-order chi connectivity index (χ1) is 13.8. The molecule has 1 saturated heterocycles. The van der Waals surface area contributed by atoms with Crippen LogP contribution in [-0.2, 0) is 6.54 Å². The minimum atomic E-state index is -0.102. The predicted molar refractivity (Wildman–Crippen MR) is 106 cm³/mol. The van der Waals surface area contributed by atoms with Gasteiger partial charge in [0, 0.05) is 37.3 Å². The zero-order valence-corrected chi connectivity index (χ0v) is 15.8. The van der Waals surface area contributed by atoms with Crippen molar-refractivity contribution in [3.05, 3.63) is 54.0 Å². The number of carbonyl (C=O) groups excluding carboxylic acids is 1. The van der Waals surface area contributed by atoms with Crippen molar-refractivity contribution in [1.29, 1.82) is 0 Å². The topological polar surface area (TPSA) is 75.9 Å². The summed E-state index contributed by atoms with van der Waals surface area (Å²) in [7, 11) is 0. The Bertz CT molecular complexity index is 982. The van der Waals surface area contributed by atoms with Crippen LogP contribution in [0.15, 0.2) is 42.7 Å². The van der Waals surface area contributed by atoms with E-state index in [0.717, 1.165) is 50.8 Å². The number of nitrogens with zero attached hydrogens (tertiary/aromatic N) is 5. The second-order valence-corrected chi connectivity index (χ2v) is 7.83. The van der Waals surface area contributed by atoms with Crippen LogP contribution in [0, 0.1) is 0 Å². The Labute approximate surface area is 163 Å². The lowest BCUT2D eigenvalue weighted by Gasteiger charge is -2.31. The molecule has 2 fully saturated rings. The first kappa shape index (κ1) is 17.3. The Morgan fingerprint density at radius 3 is 2.75 bits per heavy atom. The van der Waals surface area contributed by atoms with Gasteiger partial charge in [-0.05, 0) is 37.3 Å². The number of para-hydroxylation sites is 1. The van der Waals surface area contributed by atoms with E-state index in [2.05, 4.69) is 49.8 Å². The van der Waals surface area contributed by atoms with Crippen molar-refractivity contribution in [2.24, 2.45) is 0 Å². The summed E-state index contributed by atoms with van der Waals surface area (Å²) in [6, 6.07) is 11.1. The number of carbonyl (C=O) groups is 1. The van der Waals surface area contributed by atoms with Gasteiger partial charge in [0.25, 0.3) is 5.91 Å². The molecule has 144 valence electrons. The predicted octanol–water partition coefficient (Wildman–Crippen LogP) is 2.56. The summed E-state index contributed by atoms with van der Waals surface area (Å²) in [5.41, 5.74) is 2.79. The second-order valence-electron chi connectivity index (χ2n) is 7.83. The molecule has 1 amide bonds. The van der Waals surface area contributed by atoms with Crippen LogP contribution >= 0.6 is 0 Å². The molecule has 1 aliphatic heterocycles. The maximum Gasteiger partial charge on any atom is 0.273 e. The van der Waals surface area contributed by atoms with Crippen molar-refractivity contribution in [2.45, 2.75) is 44.3 Å². The summed E-state index contributed by atoms with van der Waals surface area (Å²) in [6.45, 7) is 2.90. The van der Waals surface area contributed by atoms with Gasteiger partial charge in [-0.2, -0.15) is 0 Å². The molecule has 1 saturated carbocycles. The largest absolute Gasteiger partial charge is 0.348 e. The van der Waals surface area contributed by atoms with E-state index in [4.69, 9.17) is 0 Å². The van der Waals surface area contributed by atoms with Gasteiger partial charge in [0.1, 0.15) is 0 Å². The Kier molecular flexibility index (Phi) is 4.52. The molecule has 2 aromatic heterocycles. The van der Waals surface area contributed by atoms with Gasteiger partial charge in [-0.1, -0.05) is 29.5 Å². The number of fused-ring (bicyclic) bond motifs is 1. The van der Waals surface area contributed by atoms with Crippen LogP contribution in [-0.4, -0.2) is 49.9 Å². The summed E-state index contributed by atoms with van der Waals surface area (Å²) in [6.07, 6.45) is 7.82. The third kappa shape index (κ3) is 3.62. The van der Waals surface area contributed by atoms with Gasteiger partial charge in [0.15, 0.2) is 5.69 Å². The maximum atomic E-state index is 12.1. The van der Waals surface area contributed by atoms with E-state index in [0.29, 0.717) is 17.8 Å². The zero-order valence-electron chi connectivity index (χ0n) is 15.8. The van der Waals surface area contributed by atoms with Crippen molar-refractivity contribution in [1.82, 2.24) is 30.2 Å². The third-order valence-corrected chi connectivity index (χ3v) is 5.70.